The van der Waals surface area contributed by atoms with E-state index in [9.17, 15) is 4.89 Å². The molecule has 1 aliphatic rings. The maximum atomic E-state index is 12.0. The molecule has 1 aromatic carbocycles. The van der Waals surface area contributed by atoms with Crippen LogP contribution in [0.25, 0.3) is 0 Å². The molecule has 0 aliphatic heterocycles. The van der Waals surface area contributed by atoms with E-state index in [0.29, 0.717) is 6.16 Å². The average molecular weight is 216 g/mol. The van der Waals surface area contributed by atoms with Gasteiger partial charge in [-0.3, -0.25) is 0 Å². The fourth-order valence-electron chi connectivity index (χ4n) is 1.54. The molecule has 2 heteroatoms. The second kappa shape index (κ2) is 5.06. The molecule has 76 valence electrons. The number of hydrogen-bond acceptors (Lipinski definition) is 1. The summed E-state index contributed by atoms with van der Waals surface area (Å²) in [4.78, 5) is 12.0. The zero-order valence-electron chi connectivity index (χ0n) is 8.47. The van der Waals surface area contributed by atoms with Crippen molar-refractivity contribution in [2.24, 2.45) is 0 Å². The summed E-state index contributed by atoms with van der Waals surface area (Å²) in [5, 5.41) is 1.05. The Bertz CT molecular complexity index is 415. The summed E-state index contributed by atoms with van der Waals surface area (Å²) in [6, 6.07) is 10.00. The van der Waals surface area contributed by atoms with Crippen LogP contribution in [0.2, 0.25) is 0 Å². The van der Waals surface area contributed by atoms with Gasteiger partial charge in [0.05, 0.1) is 7.77 Å². The van der Waals surface area contributed by atoms with Gasteiger partial charge in [-0.05, 0) is 11.6 Å². The highest BCUT2D eigenvalue weighted by atomic mass is 31.1. The van der Waals surface area contributed by atoms with E-state index >= 15 is 0 Å². The number of rotatable bonds is 2. The van der Waals surface area contributed by atoms with Crippen molar-refractivity contribution in [1.29, 1.82) is 0 Å². The van der Waals surface area contributed by atoms with E-state index in [2.05, 4.69) is 0 Å². The Labute approximate surface area is 91.2 Å². The standard InChI is InChI=1S/C13H13OP/c14-15(13-9-5-2-6-10-13)11-12-7-3-1-4-8-12/h1-9H,10-11H2. The fourth-order valence-corrected chi connectivity index (χ4v) is 2.84. The van der Waals surface area contributed by atoms with Crippen molar-refractivity contribution < 1.29 is 4.89 Å². The molecular weight excluding hydrogens is 203 g/mol. The summed E-state index contributed by atoms with van der Waals surface area (Å²) in [6.07, 6.45) is 9.46. The van der Waals surface area contributed by atoms with Gasteiger partial charge >= 0.3 is 0 Å². The van der Waals surface area contributed by atoms with Gasteiger partial charge in [0.2, 0.25) is 0 Å². The molecular formula is C13H13OP. The minimum absolute atomic E-state index is 0.656. The van der Waals surface area contributed by atoms with Crippen LogP contribution < -0.4 is 4.89 Å². The molecule has 1 aromatic rings. The Morgan fingerprint density at radius 1 is 1.13 bits per heavy atom. The van der Waals surface area contributed by atoms with E-state index in [1.54, 1.807) is 0 Å². The molecule has 2 rings (SSSR count). The van der Waals surface area contributed by atoms with Gasteiger partial charge in [0.25, 0.3) is 0 Å². The first-order chi connectivity index (χ1) is 7.36. The van der Waals surface area contributed by atoms with Crippen LogP contribution in [0.4, 0.5) is 0 Å². The van der Waals surface area contributed by atoms with Crippen LogP contribution >= 0.6 is 7.77 Å². The Kier molecular flexibility index (Phi) is 3.49. The van der Waals surface area contributed by atoms with Gasteiger partial charge in [-0.1, -0.05) is 48.6 Å². The van der Waals surface area contributed by atoms with Gasteiger partial charge in [-0.25, -0.2) is 0 Å². The van der Waals surface area contributed by atoms with E-state index in [4.69, 9.17) is 0 Å². The van der Waals surface area contributed by atoms with Crippen LogP contribution in [0.1, 0.15) is 12.0 Å². The van der Waals surface area contributed by atoms with Crippen LogP contribution in [0.3, 0.4) is 0 Å². The van der Waals surface area contributed by atoms with Crippen molar-refractivity contribution in [3.05, 3.63) is 60.2 Å². The zero-order valence-corrected chi connectivity index (χ0v) is 9.36. The third kappa shape index (κ3) is 2.89. The maximum Gasteiger partial charge on any atom is 0.128 e. The van der Waals surface area contributed by atoms with Gasteiger partial charge in [0, 0.05) is 6.42 Å². The predicted molar refractivity (Wildman–Crippen MR) is 65.0 cm³/mol. The lowest BCUT2D eigenvalue weighted by Gasteiger charge is -2.04. The summed E-state index contributed by atoms with van der Waals surface area (Å²) in [7, 11) is -1.25. The molecule has 0 aromatic heterocycles. The summed E-state index contributed by atoms with van der Waals surface area (Å²) in [5.41, 5.74) is 1.15. The summed E-state index contributed by atoms with van der Waals surface area (Å²) in [5.74, 6) is 0. The first kappa shape index (κ1) is 10.4. The Hall–Kier alpha value is -1.17. The second-order valence-electron chi connectivity index (χ2n) is 3.50. The topological polar surface area (TPSA) is 23.1 Å². The Balaban J connectivity index is 2.13. The van der Waals surface area contributed by atoms with E-state index in [-0.39, 0.29) is 0 Å². The first-order valence-corrected chi connectivity index (χ1v) is 6.48. The van der Waals surface area contributed by atoms with Crippen molar-refractivity contribution in [3.8, 4) is 0 Å². The smallest absolute Gasteiger partial charge is 0.128 e. The van der Waals surface area contributed by atoms with E-state index in [1.165, 1.54) is 0 Å². The molecule has 1 atom stereocenters. The third-order valence-corrected chi connectivity index (χ3v) is 3.98. The number of benzene rings is 1. The monoisotopic (exact) mass is 216 g/mol. The van der Waals surface area contributed by atoms with Crippen LogP contribution in [0.15, 0.2) is 54.6 Å². The van der Waals surface area contributed by atoms with Gasteiger partial charge in [-0.2, -0.15) is 0 Å². The minimum Gasteiger partial charge on any atom is -0.630 e. The molecule has 0 N–H and O–H groups in total. The minimum atomic E-state index is -1.25. The Morgan fingerprint density at radius 3 is 2.60 bits per heavy atom. The first-order valence-electron chi connectivity index (χ1n) is 5.04. The highest BCUT2D eigenvalue weighted by Crippen LogP contribution is 2.24. The van der Waals surface area contributed by atoms with Crippen molar-refractivity contribution in [2.45, 2.75) is 12.6 Å². The molecule has 0 amide bonds. The molecule has 1 nitrogen and oxygen atoms in total. The SMILES string of the molecule is [O-][P+](Cc1ccccc1)=C1C=CC=CC1. The van der Waals surface area contributed by atoms with Crippen molar-refractivity contribution >= 4 is 13.1 Å². The van der Waals surface area contributed by atoms with Crippen LogP contribution in [-0.2, 0) is 6.16 Å². The van der Waals surface area contributed by atoms with Crippen molar-refractivity contribution in [2.75, 3.05) is 0 Å². The lowest BCUT2D eigenvalue weighted by molar-refractivity contribution is -0.153. The largest absolute Gasteiger partial charge is 0.630 e. The number of hydrogen-bond donors (Lipinski definition) is 0. The lowest BCUT2D eigenvalue weighted by Crippen LogP contribution is -2.02. The second-order valence-corrected chi connectivity index (χ2v) is 5.15. The summed E-state index contributed by atoms with van der Waals surface area (Å²) < 4.78 is 0. The van der Waals surface area contributed by atoms with E-state index < -0.39 is 7.77 Å². The molecule has 0 fully saturated rings. The molecule has 1 aliphatic carbocycles. The van der Waals surface area contributed by atoms with Crippen molar-refractivity contribution in [1.82, 2.24) is 0 Å². The van der Waals surface area contributed by atoms with Gasteiger partial charge < -0.3 is 4.89 Å². The third-order valence-electron chi connectivity index (χ3n) is 2.35. The van der Waals surface area contributed by atoms with Gasteiger partial charge in [-0.15, -0.1) is 0 Å². The Morgan fingerprint density at radius 2 is 1.93 bits per heavy atom. The average Bonchev–Trinajstić information content (AvgIpc) is 2.31. The van der Waals surface area contributed by atoms with Crippen LogP contribution in [-0.4, -0.2) is 5.29 Å². The lowest BCUT2D eigenvalue weighted by atomic mass is 10.2. The molecule has 0 bridgehead atoms. The molecule has 0 spiro atoms. The zero-order chi connectivity index (χ0) is 10.5. The van der Waals surface area contributed by atoms with Crippen molar-refractivity contribution in [3.63, 3.8) is 0 Å². The molecule has 1 unspecified atom stereocenters. The maximum absolute atomic E-state index is 12.0. The van der Waals surface area contributed by atoms with E-state index in [1.807, 2.05) is 54.6 Å². The normalized spacial score (nSPS) is 17.9. The molecule has 0 saturated heterocycles. The van der Waals surface area contributed by atoms with Crippen LogP contribution in [0, 0.1) is 0 Å². The fraction of sp³-hybridized carbons (Fsp3) is 0.154. The molecule has 0 radical (unpaired) electrons. The predicted octanol–water partition coefficient (Wildman–Crippen LogP) is 2.63. The summed E-state index contributed by atoms with van der Waals surface area (Å²) in [6.45, 7) is 0. The quantitative estimate of drug-likeness (QED) is 0.697. The highest BCUT2D eigenvalue weighted by Gasteiger charge is 2.07. The summed E-state index contributed by atoms with van der Waals surface area (Å²) >= 11 is 0. The molecule has 0 saturated carbocycles. The highest BCUT2D eigenvalue weighted by molar-refractivity contribution is 7.51. The van der Waals surface area contributed by atoms with Crippen LogP contribution in [0.5, 0.6) is 0 Å². The van der Waals surface area contributed by atoms with Gasteiger partial charge in [0.15, 0.2) is 0 Å². The van der Waals surface area contributed by atoms with E-state index in [0.717, 1.165) is 17.3 Å². The molecule has 0 heterocycles. The van der Waals surface area contributed by atoms with Gasteiger partial charge in [0.1, 0.15) is 11.5 Å². The number of allylic oxidation sites excluding steroid dienone is 4. The molecule has 15 heavy (non-hydrogen) atoms.